The van der Waals surface area contributed by atoms with E-state index in [0.717, 1.165) is 10.3 Å². The molecule has 0 saturated heterocycles. The van der Waals surface area contributed by atoms with Gasteiger partial charge in [-0.05, 0) is 39.0 Å². The molecule has 0 radical (unpaired) electrons. The van der Waals surface area contributed by atoms with Crippen LogP contribution in [-0.2, 0) is 4.79 Å². The van der Waals surface area contributed by atoms with E-state index in [1.54, 1.807) is 45.0 Å². The Kier molecular flexibility index (Phi) is 4.68. The summed E-state index contributed by atoms with van der Waals surface area (Å²) in [5.41, 5.74) is 0.243. The van der Waals surface area contributed by atoms with Crippen molar-refractivity contribution in [2.45, 2.75) is 32.4 Å². The lowest BCUT2D eigenvalue weighted by molar-refractivity contribution is -0.127. The van der Waals surface area contributed by atoms with Gasteiger partial charge in [0.15, 0.2) is 0 Å². The smallest absolute Gasteiger partial charge is 0.272 e. The Bertz CT molecular complexity index is 1180. The first-order valence-electron chi connectivity index (χ1n) is 9.68. The minimum Gasteiger partial charge on any atom is -0.349 e. The number of hydrogen-bond acceptors (Lipinski definition) is 3. The number of para-hydroxylation sites is 1. The molecule has 2 heterocycles. The number of amides is 2. The van der Waals surface area contributed by atoms with E-state index in [0.29, 0.717) is 5.52 Å². The summed E-state index contributed by atoms with van der Waals surface area (Å²) < 4.78 is 16.0. The summed E-state index contributed by atoms with van der Waals surface area (Å²) in [7, 11) is 0. The molecule has 0 spiro atoms. The van der Waals surface area contributed by atoms with Crippen LogP contribution in [0.4, 0.5) is 4.39 Å². The molecule has 0 fully saturated rings. The highest BCUT2D eigenvalue weighted by Crippen LogP contribution is 2.31. The van der Waals surface area contributed by atoms with Crippen molar-refractivity contribution >= 4 is 28.6 Å². The molecule has 3 aromatic rings. The first kappa shape index (κ1) is 19.8. The van der Waals surface area contributed by atoms with Gasteiger partial charge in [0, 0.05) is 16.5 Å². The Labute approximate surface area is 173 Å². The van der Waals surface area contributed by atoms with Crippen molar-refractivity contribution < 1.29 is 18.8 Å². The zero-order chi connectivity index (χ0) is 21.6. The number of fused-ring (bicyclic) bond motifs is 3. The van der Waals surface area contributed by atoms with Crippen molar-refractivity contribution in [1.29, 1.82) is 0 Å². The molecule has 6 nitrogen and oxygen atoms in total. The largest absolute Gasteiger partial charge is 0.349 e. The van der Waals surface area contributed by atoms with Crippen LogP contribution in [0.2, 0.25) is 0 Å². The van der Waals surface area contributed by atoms with Gasteiger partial charge in [0.05, 0.1) is 5.52 Å². The van der Waals surface area contributed by atoms with Crippen LogP contribution < -0.4 is 5.32 Å². The van der Waals surface area contributed by atoms with Gasteiger partial charge < -0.3 is 10.2 Å². The van der Waals surface area contributed by atoms with E-state index in [-0.39, 0.29) is 23.7 Å². The Balaban J connectivity index is 1.83. The van der Waals surface area contributed by atoms with E-state index in [2.05, 4.69) is 5.32 Å². The Hall–Kier alpha value is -3.48. The average Bonchev–Trinajstić information content (AvgIpc) is 3.06. The molecular formula is C23H22FN3O3. The standard InChI is InChI=1S/C23H22FN3O3/c1-23(2,3)25-21(29)20(15-9-5-6-10-16(15)24)26-13-19(28)27-17-11-7-4-8-14(17)12-18(27)22(26)30/h4-12,20H,13H2,1-3H3,(H,25,29). The highest BCUT2D eigenvalue weighted by molar-refractivity contribution is 6.10. The molecule has 1 aromatic heterocycles. The van der Waals surface area contributed by atoms with Crippen molar-refractivity contribution in [3.8, 4) is 0 Å². The van der Waals surface area contributed by atoms with Crippen molar-refractivity contribution in [2.24, 2.45) is 0 Å². The number of rotatable bonds is 3. The first-order chi connectivity index (χ1) is 14.2. The average molecular weight is 407 g/mol. The highest BCUT2D eigenvalue weighted by atomic mass is 19.1. The highest BCUT2D eigenvalue weighted by Gasteiger charge is 2.41. The summed E-state index contributed by atoms with van der Waals surface area (Å²) in [6, 6.07) is 13.4. The van der Waals surface area contributed by atoms with Crippen LogP contribution >= 0.6 is 0 Å². The second kappa shape index (κ2) is 7.09. The van der Waals surface area contributed by atoms with Crippen LogP contribution in [0, 0.1) is 5.82 Å². The van der Waals surface area contributed by atoms with Crippen LogP contribution in [0.15, 0.2) is 54.6 Å². The number of aromatic nitrogens is 1. The number of nitrogens with zero attached hydrogens (tertiary/aromatic N) is 2. The SMILES string of the molecule is CC(C)(C)NC(=O)C(c1ccccc1F)N1CC(=O)n2c(cc3ccccc32)C1=O. The Morgan fingerprint density at radius 3 is 2.43 bits per heavy atom. The maximum absolute atomic E-state index is 14.7. The minimum absolute atomic E-state index is 0.0463. The molecule has 4 rings (SSSR count). The third kappa shape index (κ3) is 3.36. The van der Waals surface area contributed by atoms with E-state index in [4.69, 9.17) is 0 Å². The fourth-order valence-electron chi connectivity index (χ4n) is 3.81. The third-order valence-electron chi connectivity index (χ3n) is 5.00. The predicted octanol–water partition coefficient (Wildman–Crippen LogP) is 3.53. The molecule has 2 aromatic carbocycles. The molecule has 154 valence electrons. The van der Waals surface area contributed by atoms with Gasteiger partial charge in [-0.1, -0.05) is 36.4 Å². The maximum atomic E-state index is 14.7. The molecule has 1 aliphatic rings. The van der Waals surface area contributed by atoms with Crippen molar-refractivity contribution in [3.05, 3.63) is 71.7 Å². The van der Waals surface area contributed by atoms with Crippen LogP contribution in [0.25, 0.3) is 10.9 Å². The second-order valence-corrected chi connectivity index (χ2v) is 8.41. The van der Waals surface area contributed by atoms with Crippen LogP contribution in [0.5, 0.6) is 0 Å². The van der Waals surface area contributed by atoms with Crippen LogP contribution in [-0.4, -0.2) is 39.3 Å². The zero-order valence-corrected chi connectivity index (χ0v) is 17.0. The molecule has 7 heteroatoms. The minimum atomic E-state index is -1.27. The fraction of sp³-hybridized carbons (Fsp3) is 0.261. The topological polar surface area (TPSA) is 71.4 Å². The Morgan fingerprint density at radius 2 is 1.73 bits per heavy atom. The third-order valence-corrected chi connectivity index (χ3v) is 5.00. The molecule has 1 atom stereocenters. The quantitative estimate of drug-likeness (QED) is 0.722. The van der Waals surface area contributed by atoms with Gasteiger partial charge in [0.25, 0.3) is 11.8 Å². The lowest BCUT2D eigenvalue weighted by Crippen LogP contribution is -2.53. The molecule has 0 bridgehead atoms. The molecule has 1 unspecified atom stereocenters. The van der Waals surface area contributed by atoms with Gasteiger partial charge in [0.1, 0.15) is 24.1 Å². The number of halogens is 1. The van der Waals surface area contributed by atoms with Gasteiger partial charge >= 0.3 is 0 Å². The van der Waals surface area contributed by atoms with E-state index >= 15 is 0 Å². The summed E-state index contributed by atoms with van der Waals surface area (Å²) in [4.78, 5) is 40.7. The number of benzene rings is 2. The zero-order valence-electron chi connectivity index (χ0n) is 17.0. The van der Waals surface area contributed by atoms with Gasteiger partial charge in [-0.15, -0.1) is 0 Å². The van der Waals surface area contributed by atoms with Gasteiger partial charge in [-0.2, -0.15) is 0 Å². The Morgan fingerprint density at radius 1 is 1.07 bits per heavy atom. The lowest BCUT2D eigenvalue weighted by atomic mass is 10.00. The van der Waals surface area contributed by atoms with Crippen molar-refractivity contribution in [1.82, 2.24) is 14.8 Å². The van der Waals surface area contributed by atoms with E-state index in [1.807, 2.05) is 12.1 Å². The number of nitrogens with one attached hydrogen (secondary N) is 1. The van der Waals surface area contributed by atoms with E-state index in [9.17, 15) is 18.8 Å². The number of hydrogen-bond donors (Lipinski definition) is 1. The summed E-state index contributed by atoms with van der Waals surface area (Å²) in [6.07, 6.45) is 0. The van der Waals surface area contributed by atoms with Gasteiger partial charge in [-0.3, -0.25) is 19.0 Å². The molecule has 2 amide bonds. The first-order valence-corrected chi connectivity index (χ1v) is 9.68. The van der Waals surface area contributed by atoms with E-state index < -0.39 is 29.2 Å². The van der Waals surface area contributed by atoms with Crippen LogP contribution in [0.1, 0.15) is 47.7 Å². The maximum Gasteiger partial charge on any atom is 0.272 e. The summed E-state index contributed by atoms with van der Waals surface area (Å²) in [6.45, 7) is 5.06. The summed E-state index contributed by atoms with van der Waals surface area (Å²) >= 11 is 0. The molecule has 1 N–H and O–H groups in total. The summed E-state index contributed by atoms with van der Waals surface area (Å²) in [5, 5.41) is 3.56. The predicted molar refractivity (Wildman–Crippen MR) is 111 cm³/mol. The number of carbonyl (C=O) groups excluding carboxylic acids is 3. The summed E-state index contributed by atoms with van der Waals surface area (Å²) in [5.74, 6) is -2.00. The molecular weight excluding hydrogens is 385 g/mol. The van der Waals surface area contributed by atoms with Crippen LogP contribution in [0.3, 0.4) is 0 Å². The molecule has 1 aliphatic heterocycles. The monoisotopic (exact) mass is 407 g/mol. The van der Waals surface area contributed by atoms with E-state index in [1.165, 1.54) is 22.8 Å². The molecule has 30 heavy (non-hydrogen) atoms. The number of carbonyl (C=O) groups is 3. The fourth-order valence-corrected chi connectivity index (χ4v) is 3.81. The lowest BCUT2D eigenvalue weighted by Gasteiger charge is -2.35. The van der Waals surface area contributed by atoms with Gasteiger partial charge in [-0.25, -0.2) is 4.39 Å². The van der Waals surface area contributed by atoms with Crippen molar-refractivity contribution in [3.63, 3.8) is 0 Å². The van der Waals surface area contributed by atoms with Crippen molar-refractivity contribution in [2.75, 3.05) is 6.54 Å². The second-order valence-electron chi connectivity index (χ2n) is 8.41. The van der Waals surface area contributed by atoms with Gasteiger partial charge in [0.2, 0.25) is 5.91 Å². The normalized spacial score (nSPS) is 15.3. The molecule has 0 saturated carbocycles. The molecule has 0 aliphatic carbocycles.